The summed E-state index contributed by atoms with van der Waals surface area (Å²) < 4.78 is 7.98. The van der Waals surface area contributed by atoms with Crippen LogP contribution in [0.15, 0.2) is 52.9 Å². The number of aromatic nitrogens is 1. The normalized spacial score (nSPS) is 15.4. The van der Waals surface area contributed by atoms with Crippen LogP contribution in [-0.2, 0) is 0 Å². The fraction of sp³-hybridized carbons (Fsp3) is 0.381. The van der Waals surface area contributed by atoms with E-state index in [9.17, 15) is 0 Å². The molecular weight excluding hydrogens is 374 g/mol. The number of piperazine rings is 1. The minimum absolute atomic E-state index is 0.971. The number of thioether (sulfide) groups is 1. The fourth-order valence-electron chi connectivity index (χ4n) is 3.46. The van der Waals surface area contributed by atoms with E-state index in [1.165, 1.54) is 21.1 Å². The second-order valence-corrected chi connectivity index (χ2v) is 9.02. The van der Waals surface area contributed by atoms with Gasteiger partial charge in [-0.25, -0.2) is 4.98 Å². The third-order valence-corrected chi connectivity index (χ3v) is 7.18. The summed E-state index contributed by atoms with van der Waals surface area (Å²) in [6, 6.07) is 16.7. The van der Waals surface area contributed by atoms with Crippen LogP contribution in [0.3, 0.4) is 0 Å². The highest BCUT2D eigenvalue weighted by Gasteiger charge is 2.19. The summed E-state index contributed by atoms with van der Waals surface area (Å²) in [5, 5.41) is 0. The zero-order valence-corrected chi connectivity index (χ0v) is 17.3. The van der Waals surface area contributed by atoms with Crippen molar-refractivity contribution in [2.24, 2.45) is 0 Å². The zero-order valence-electron chi connectivity index (χ0n) is 15.6. The molecule has 0 unspecified atom stereocenters. The van der Waals surface area contributed by atoms with Crippen LogP contribution < -0.4 is 9.64 Å². The molecule has 1 aromatic heterocycles. The summed E-state index contributed by atoms with van der Waals surface area (Å²) in [5.74, 6) is 2.10. The third kappa shape index (κ3) is 4.57. The number of methoxy groups -OCH3 is 1. The standard InChI is InChI=1S/C21H25N3OS2/c1-25-19-9-4-3-8-18(19)24-14-12-23(13-15-24)11-6-16-26-21-22-17-7-2-5-10-20(17)27-21/h2-5,7-10H,6,11-16H2,1H3. The lowest BCUT2D eigenvalue weighted by Gasteiger charge is -2.36. The van der Waals surface area contributed by atoms with Gasteiger partial charge in [-0.15, -0.1) is 11.3 Å². The number of hydrogen-bond donors (Lipinski definition) is 0. The summed E-state index contributed by atoms with van der Waals surface area (Å²) in [4.78, 5) is 9.72. The van der Waals surface area contributed by atoms with Crippen molar-refractivity contribution in [2.75, 3.05) is 50.5 Å². The first-order valence-corrected chi connectivity index (χ1v) is 11.2. The molecule has 0 N–H and O–H groups in total. The van der Waals surface area contributed by atoms with E-state index in [0.29, 0.717) is 0 Å². The average Bonchev–Trinajstić information content (AvgIpc) is 3.14. The molecule has 0 aliphatic carbocycles. The highest BCUT2D eigenvalue weighted by molar-refractivity contribution is 8.01. The molecule has 4 rings (SSSR count). The van der Waals surface area contributed by atoms with Gasteiger partial charge in [0.15, 0.2) is 4.34 Å². The summed E-state index contributed by atoms with van der Waals surface area (Å²) in [5.41, 5.74) is 2.34. The van der Waals surface area contributed by atoms with Gasteiger partial charge in [0.2, 0.25) is 0 Å². The monoisotopic (exact) mass is 399 g/mol. The van der Waals surface area contributed by atoms with Gasteiger partial charge >= 0.3 is 0 Å². The molecule has 0 spiro atoms. The van der Waals surface area contributed by atoms with Crippen LogP contribution in [0.5, 0.6) is 5.75 Å². The highest BCUT2D eigenvalue weighted by Crippen LogP contribution is 2.30. The number of ether oxygens (including phenoxy) is 1. The SMILES string of the molecule is COc1ccccc1N1CCN(CCCSc2nc3ccccc3s2)CC1. The van der Waals surface area contributed by atoms with Crippen molar-refractivity contribution in [1.29, 1.82) is 0 Å². The minimum atomic E-state index is 0.971. The highest BCUT2D eigenvalue weighted by atomic mass is 32.2. The van der Waals surface area contributed by atoms with E-state index in [-0.39, 0.29) is 0 Å². The van der Waals surface area contributed by atoms with E-state index in [0.717, 1.165) is 49.7 Å². The van der Waals surface area contributed by atoms with Crippen LogP contribution in [0, 0.1) is 0 Å². The number of hydrogen-bond acceptors (Lipinski definition) is 6. The summed E-state index contributed by atoms with van der Waals surface area (Å²) in [6.07, 6.45) is 1.20. The summed E-state index contributed by atoms with van der Waals surface area (Å²) >= 11 is 3.70. The Kier molecular flexibility index (Phi) is 6.17. The Morgan fingerprint density at radius 2 is 1.81 bits per heavy atom. The maximum atomic E-state index is 5.51. The van der Waals surface area contributed by atoms with Gasteiger partial charge in [0, 0.05) is 31.9 Å². The molecule has 0 bridgehead atoms. The predicted molar refractivity (Wildman–Crippen MR) is 117 cm³/mol. The maximum Gasteiger partial charge on any atom is 0.151 e. The van der Waals surface area contributed by atoms with Crippen molar-refractivity contribution >= 4 is 39.0 Å². The van der Waals surface area contributed by atoms with Gasteiger partial charge in [0.05, 0.1) is 23.0 Å². The van der Waals surface area contributed by atoms with E-state index >= 15 is 0 Å². The lowest BCUT2D eigenvalue weighted by atomic mass is 10.2. The molecule has 1 fully saturated rings. The van der Waals surface area contributed by atoms with E-state index in [1.54, 1.807) is 18.4 Å². The van der Waals surface area contributed by atoms with Gasteiger partial charge in [-0.1, -0.05) is 36.0 Å². The fourth-order valence-corrected chi connectivity index (χ4v) is 5.53. The minimum Gasteiger partial charge on any atom is -0.495 e. The van der Waals surface area contributed by atoms with Crippen LogP contribution >= 0.6 is 23.1 Å². The van der Waals surface area contributed by atoms with Crippen molar-refractivity contribution in [2.45, 2.75) is 10.8 Å². The zero-order chi connectivity index (χ0) is 18.5. The van der Waals surface area contributed by atoms with E-state index in [2.05, 4.69) is 46.2 Å². The number of rotatable bonds is 7. The molecule has 27 heavy (non-hydrogen) atoms. The molecule has 2 heterocycles. The first-order valence-electron chi connectivity index (χ1n) is 9.42. The molecule has 3 aromatic rings. The number of anilines is 1. The molecule has 1 aliphatic rings. The largest absolute Gasteiger partial charge is 0.495 e. The van der Waals surface area contributed by atoms with Gasteiger partial charge in [-0.3, -0.25) is 4.90 Å². The van der Waals surface area contributed by atoms with Crippen LogP contribution in [0.1, 0.15) is 6.42 Å². The molecule has 142 valence electrons. The molecule has 0 amide bonds. The van der Waals surface area contributed by atoms with Crippen molar-refractivity contribution in [3.05, 3.63) is 48.5 Å². The third-order valence-electron chi connectivity index (χ3n) is 4.92. The van der Waals surface area contributed by atoms with Crippen molar-refractivity contribution in [3.63, 3.8) is 0 Å². The van der Waals surface area contributed by atoms with Crippen LogP contribution in [0.25, 0.3) is 10.2 Å². The number of para-hydroxylation sites is 3. The Morgan fingerprint density at radius 3 is 2.63 bits per heavy atom. The van der Waals surface area contributed by atoms with E-state index < -0.39 is 0 Å². The van der Waals surface area contributed by atoms with Crippen molar-refractivity contribution in [1.82, 2.24) is 9.88 Å². The first kappa shape index (κ1) is 18.6. The van der Waals surface area contributed by atoms with E-state index in [4.69, 9.17) is 9.72 Å². The first-order chi connectivity index (χ1) is 13.3. The van der Waals surface area contributed by atoms with Gasteiger partial charge in [-0.2, -0.15) is 0 Å². The summed E-state index contributed by atoms with van der Waals surface area (Å²) in [6.45, 7) is 5.52. The number of benzene rings is 2. The molecule has 4 nitrogen and oxygen atoms in total. The molecule has 2 aromatic carbocycles. The lowest BCUT2D eigenvalue weighted by Crippen LogP contribution is -2.46. The number of thiazole rings is 1. The molecule has 1 aliphatic heterocycles. The average molecular weight is 400 g/mol. The molecule has 0 saturated carbocycles. The molecule has 0 radical (unpaired) electrons. The Balaban J connectivity index is 1.20. The maximum absolute atomic E-state index is 5.51. The second kappa shape index (κ2) is 8.95. The predicted octanol–water partition coefficient (Wildman–Crippen LogP) is 4.61. The van der Waals surface area contributed by atoms with Gasteiger partial charge in [0.1, 0.15) is 5.75 Å². The molecule has 0 atom stereocenters. The van der Waals surface area contributed by atoms with Gasteiger partial charge in [-0.05, 0) is 37.2 Å². The summed E-state index contributed by atoms with van der Waals surface area (Å²) in [7, 11) is 1.75. The Hall–Kier alpha value is -1.76. The molecule has 1 saturated heterocycles. The van der Waals surface area contributed by atoms with Crippen molar-refractivity contribution < 1.29 is 4.74 Å². The smallest absolute Gasteiger partial charge is 0.151 e. The van der Waals surface area contributed by atoms with Crippen LogP contribution in [-0.4, -0.2) is 55.5 Å². The lowest BCUT2D eigenvalue weighted by molar-refractivity contribution is 0.258. The molecular formula is C21H25N3OS2. The Labute approximate surface area is 169 Å². The topological polar surface area (TPSA) is 28.6 Å². The van der Waals surface area contributed by atoms with Gasteiger partial charge < -0.3 is 9.64 Å². The number of fused-ring (bicyclic) bond motifs is 1. The van der Waals surface area contributed by atoms with Crippen LogP contribution in [0.2, 0.25) is 0 Å². The second-order valence-electron chi connectivity index (χ2n) is 6.65. The number of nitrogens with zero attached hydrogens (tertiary/aromatic N) is 3. The molecule has 6 heteroatoms. The Morgan fingerprint density at radius 1 is 1.04 bits per heavy atom. The van der Waals surface area contributed by atoms with Crippen LogP contribution in [0.4, 0.5) is 5.69 Å². The van der Waals surface area contributed by atoms with E-state index in [1.807, 2.05) is 23.9 Å². The van der Waals surface area contributed by atoms with Gasteiger partial charge in [0.25, 0.3) is 0 Å². The Bertz CT molecular complexity index is 841. The quantitative estimate of drug-likeness (QED) is 0.427. The van der Waals surface area contributed by atoms with Crippen molar-refractivity contribution in [3.8, 4) is 5.75 Å².